The summed E-state index contributed by atoms with van der Waals surface area (Å²) in [6.45, 7) is 0. The van der Waals surface area contributed by atoms with Crippen LogP contribution in [-0.4, -0.2) is 36.6 Å². The summed E-state index contributed by atoms with van der Waals surface area (Å²) in [5.41, 5.74) is 0. The average molecular weight is 251 g/mol. The summed E-state index contributed by atoms with van der Waals surface area (Å²) in [6.07, 6.45) is 11.6. The fraction of sp³-hybridized carbons (Fsp3) is 1.00. The molecule has 3 N–H and O–H groups in total. The van der Waals surface area contributed by atoms with Crippen LogP contribution in [0.5, 0.6) is 0 Å². The van der Waals surface area contributed by atoms with E-state index in [1.807, 2.05) is 0 Å². The second-order valence-electron chi connectivity index (χ2n) is 6.46. The zero-order valence-corrected chi connectivity index (χ0v) is 11.0. The lowest BCUT2D eigenvalue weighted by Crippen LogP contribution is -2.50. The maximum absolute atomic E-state index is 6.22. The smallest absolute Gasteiger partial charge is 0.137 e. The number of rotatable bonds is 1. The van der Waals surface area contributed by atoms with Crippen molar-refractivity contribution in [2.24, 2.45) is 0 Å². The van der Waals surface area contributed by atoms with Crippen LogP contribution in [0.15, 0.2) is 0 Å². The standard InChI is InChI=1S/C14H25N3O/c1-2-6-10-9(5-1)15-13(16-10)14-17-11-7-3-4-8-12(11)18-14/h9-17H,1-8H2. The third kappa shape index (κ3) is 1.99. The summed E-state index contributed by atoms with van der Waals surface area (Å²) in [6, 6.07) is 1.96. The van der Waals surface area contributed by atoms with Crippen LogP contribution < -0.4 is 16.0 Å². The van der Waals surface area contributed by atoms with Crippen molar-refractivity contribution in [2.75, 3.05) is 0 Å². The quantitative estimate of drug-likeness (QED) is 0.652. The van der Waals surface area contributed by atoms with E-state index in [-0.39, 0.29) is 6.23 Å². The number of nitrogens with one attached hydrogen (secondary N) is 3. The molecule has 0 spiro atoms. The van der Waals surface area contributed by atoms with Gasteiger partial charge < -0.3 is 4.74 Å². The van der Waals surface area contributed by atoms with Gasteiger partial charge in [-0.1, -0.05) is 25.7 Å². The molecule has 0 aromatic rings. The van der Waals surface area contributed by atoms with Crippen molar-refractivity contribution in [3.63, 3.8) is 0 Å². The molecule has 0 aromatic heterocycles. The minimum Gasteiger partial charge on any atom is -0.355 e. The third-order valence-electron chi connectivity index (χ3n) is 5.26. The number of ether oxygens (including phenoxy) is 1. The predicted octanol–water partition coefficient (Wildman–Crippen LogP) is 1.07. The maximum atomic E-state index is 6.22. The number of hydrogen-bond acceptors (Lipinski definition) is 4. The van der Waals surface area contributed by atoms with Crippen molar-refractivity contribution < 1.29 is 4.74 Å². The van der Waals surface area contributed by atoms with Crippen LogP contribution in [0.1, 0.15) is 51.4 Å². The maximum Gasteiger partial charge on any atom is 0.137 e. The van der Waals surface area contributed by atoms with E-state index in [1.165, 1.54) is 51.4 Å². The molecular formula is C14H25N3O. The highest BCUT2D eigenvalue weighted by Crippen LogP contribution is 2.30. The Morgan fingerprint density at radius 1 is 0.667 bits per heavy atom. The lowest BCUT2D eigenvalue weighted by Gasteiger charge is -2.23. The van der Waals surface area contributed by atoms with E-state index < -0.39 is 0 Å². The highest BCUT2D eigenvalue weighted by molar-refractivity contribution is 5.00. The molecule has 2 aliphatic carbocycles. The molecule has 0 amide bonds. The van der Waals surface area contributed by atoms with E-state index >= 15 is 0 Å². The third-order valence-corrected chi connectivity index (χ3v) is 5.26. The minimum absolute atomic E-state index is 0.184. The van der Waals surface area contributed by atoms with Gasteiger partial charge in [-0.15, -0.1) is 0 Å². The van der Waals surface area contributed by atoms with Crippen LogP contribution in [0.2, 0.25) is 0 Å². The number of hydrogen-bond donors (Lipinski definition) is 3. The van der Waals surface area contributed by atoms with Crippen LogP contribution in [-0.2, 0) is 4.74 Å². The fourth-order valence-corrected chi connectivity index (χ4v) is 4.28. The van der Waals surface area contributed by atoms with Gasteiger partial charge in [-0.2, -0.15) is 0 Å². The van der Waals surface area contributed by atoms with E-state index in [0.717, 1.165) is 0 Å². The molecule has 2 heterocycles. The Bertz CT molecular complexity index is 253. The first kappa shape index (κ1) is 11.6. The Balaban J connectivity index is 1.40. The Labute approximate surface area is 109 Å². The average Bonchev–Trinajstić information content (AvgIpc) is 3.02. The summed E-state index contributed by atoms with van der Waals surface area (Å²) < 4.78 is 6.22. The van der Waals surface area contributed by atoms with Gasteiger partial charge in [-0.25, -0.2) is 0 Å². The van der Waals surface area contributed by atoms with Crippen molar-refractivity contribution in [3.8, 4) is 0 Å². The molecule has 2 aliphatic heterocycles. The van der Waals surface area contributed by atoms with Gasteiger partial charge in [0.15, 0.2) is 0 Å². The topological polar surface area (TPSA) is 45.3 Å². The van der Waals surface area contributed by atoms with Crippen LogP contribution in [0.3, 0.4) is 0 Å². The zero-order valence-electron chi connectivity index (χ0n) is 11.0. The van der Waals surface area contributed by atoms with Gasteiger partial charge in [0.25, 0.3) is 0 Å². The molecule has 4 heteroatoms. The lowest BCUT2D eigenvalue weighted by atomic mass is 9.92. The molecule has 0 radical (unpaired) electrons. The molecular weight excluding hydrogens is 226 g/mol. The van der Waals surface area contributed by atoms with Crippen molar-refractivity contribution >= 4 is 0 Å². The molecule has 2 saturated carbocycles. The van der Waals surface area contributed by atoms with Crippen LogP contribution in [0, 0.1) is 0 Å². The van der Waals surface area contributed by atoms with Gasteiger partial charge in [0, 0.05) is 18.1 Å². The normalized spacial score (nSPS) is 52.0. The molecule has 5 atom stereocenters. The largest absolute Gasteiger partial charge is 0.355 e. The second-order valence-corrected chi connectivity index (χ2v) is 6.46. The number of fused-ring (bicyclic) bond motifs is 2. The van der Waals surface area contributed by atoms with Crippen LogP contribution in [0.4, 0.5) is 0 Å². The van der Waals surface area contributed by atoms with Gasteiger partial charge in [-0.05, 0) is 25.7 Å². The summed E-state index contributed by atoms with van der Waals surface area (Å²) in [4.78, 5) is 0. The fourth-order valence-electron chi connectivity index (χ4n) is 4.28. The Morgan fingerprint density at radius 2 is 1.28 bits per heavy atom. The molecule has 2 saturated heterocycles. The minimum atomic E-state index is 0.184. The first-order valence-electron chi connectivity index (χ1n) is 7.84. The van der Waals surface area contributed by atoms with Gasteiger partial charge in [0.2, 0.25) is 0 Å². The first-order valence-corrected chi connectivity index (χ1v) is 7.84. The highest BCUT2D eigenvalue weighted by Gasteiger charge is 2.44. The first-order chi connectivity index (χ1) is 8.90. The molecule has 102 valence electrons. The van der Waals surface area contributed by atoms with E-state index in [1.54, 1.807) is 0 Å². The molecule has 5 unspecified atom stereocenters. The Kier molecular flexibility index (Phi) is 3.07. The molecule has 4 fully saturated rings. The SMILES string of the molecule is C1CCC2NC(C3NC4CCCCC4O3)NC2C1. The van der Waals surface area contributed by atoms with Crippen LogP contribution >= 0.6 is 0 Å². The van der Waals surface area contributed by atoms with Gasteiger partial charge in [-0.3, -0.25) is 16.0 Å². The van der Waals surface area contributed by atoms with E-state index in [9.17, 15) is 0 Å². The van der Waals surface area contributed by atoms with E-state index in [2.05, 4.69) is 16.0 Å². The van der Waals surface area contributed by atoms with Crippen molar-refractivity contribution in [2.45, 2.75) is 88.0 Å². The summed E-state index contributed by atoms with van der Waals surface area (Å²) in [5.74, 6) is 0. The lowest BCUT2D eigenvalue weighted by molar-refractivity contribution is 0.00391. The molecule has 0 bridgehead atoms. The molecule has 4 aliphatic rings. The van der Waals surface area contributed by atoms with E-state index in [0.29, 0.717) is 30.4 Å². The summed E-state index contributed by atoms with van der Waals surface area (Å²) >= 11 is 0. The predicted molar refractivity (Wildman–Crippen MR) is 70.2 cm³/mol. The second kappa shape index (κ2) is 4.75. The monoisotopic (exact) mass is 251 g/mol. The zero-order chi connectivity index (χ0) is 11.9. The molecule has 4 rings (SSSR count). The van der Waals surface area contributed by atoms with Gasteiger partial charge in [0.1, 0.15) is 6.23 Å². The van der Waals surface area contributed by atoms with Crippen LogP contribution in [0.25, 0.3) is 0 Å². The highest BCUT2D eigenvalue weighted by atomic mass is 16.5. The molecule has 4 nitrogen and oxygen atoms in total. The Morgan fingerprint density at radius 3 is 1.94 bits per heavy atom. The van der Waals surface area contributed by atoms with Gasteiger partial charge >= 0.3 is 0 Å². The summed E-state index contributed by atoms with van der Waals surface area (Å²) in [5, 5.41) is 11.2. The van der Waals surface area contributed by atoms with Gasteiger partial charge in [0.05, 0.1) is 12.3 Å². The Hall–Kier alpha value is -0.160. The van der Waals surface area contributed by atoms with E-state index in [4.69, 9.17) is 4.74 Å². The van der Waals surface area contributed by atoms with Crippen molar-refractivity contribution in [1.82, 2.24) is 16.0 Å². The van der Waals surface area contributed by atoms with Crippen molar-refractivity contribution in [3.05, 3.63) is 0 Å². The molecule has 0 aromatic carbocycles. The molecule has 18 heavy (non-hydrogen) atoms. The summed E-state index contributed by atoms with van der Waals surface area (Å²) in [7, 11) is 0. The van der Waals surface area contributed by atoms with Crippen molar-refractivity contribution in [1.29, 1.82) is 0 Å².